The van der Waals surface area contributed by atoms with Gasteiger partial charge in [-0.3, -0.25) is 0 Å². The number of nitrogens with zero attached hydrogens (tertiary/aromatic N) is 1. The second-order valence-electron chi connectivity index (χ2n) is 3.63. The topological polar surface area (TPSA) is 23.5 Å². The summed E-state index contributed by atoms with van der Waals surface area (Å²) < 4.78 is 13.7. The van der Waals surface area contributed by atoms with E-state index in [1.165, 1.54) is 6.07 Å². The first-order valence-electron chi connectivity index (χ1n) is 4.89. The zero-order valence-electron chi connectivity index (χ0n) is 8.94. The standard InChI is InChI=1S/C13H12FNO/c1-9-4-3-5-13(15(9)2)11-7-6-10(16)8-12(11)14/h3-8,16H,1H2,2H3. The molecule has 0 saturated carbocycles. The summed E-state index contributed by atoms with van der Waals surface area (Å²) in [6, 6.07) is 4.12. The van der Waals surface area contributed by atoms with Crippen LogP contribution < -0.4 is 0 Å². The fraction of sp³-hybridized carbons (Fsp3) is 0.0769. The number of phenolic OH excluding ortho intramolecular Hbond substituents is 1. The van der Waals surface area contributed by atoms with Crippen molar-refractivity contribution in [3.05, 3.63) is 60.1 Å². The average Bonchev–Trinajstić information content (AvgIpc) is 2.23. The molecule has 1 N–H and O–H groups in total. The third-order valence-electron chi connectivity index (χ3n) is 2.56. The Hall–Kier alpha value is -2.03. The zero-order chi connectivity index (χ0) is 11.7. The SMILES string of the molecule is C=C1C=CC=C(c2ccc(O)cc2F)N1C. The van der Waals surface area contributed by atoms with Crippen LogP contribution in [0.5, 0.6) is 5.75 Å². The smallest absolute Gasteiger partial charge is 0.136 e. The van der Waals surface area contributed by atoms with Gasteiger partial charge in [0.2, 0.25) is 0 Å². The molecule has 2 rings (SSSR count). The number of hydrogen-bond acceptors (Lipinski definition) is 2. The molecule has 0 aromatic heterocycles. The first-order valence-corrected chi connectivity index (χ1v) is 4.89. The molecule has 0 saturated heterocycles. The molecule has 0 bridgehead atoms. The molecule has 1 aliphatic heterocycles. The first kappa shape index (κ1) is 10.5. The van der Waals surface area contributed by atoms with E-state index in [1.807, 2.05) is 25.3 Å². The Morgan fingerprint density at radius 1 is 1.38 bits per heavy atom. The van der Waals surface area contributed by atoms with Crippen LogP contribution >= 0.6 is 0 Å². The first-order chi connectivity index (χ1) is 7.59. The number of hydrogen-bond donors (Lipinski definition) is 1. The summed E-state index contributed by atoms with van der Waals surface area (Å²) in [4.78, 5) is 1.80. The largest absolute Gasteiger partial charge is 0.508 e. The summed E-state index contributed by atoms with van der Waals surface area (Å²) in [6.07, 6.45) is 5.48. The molecule has 1 aromatic rings. The maximum atomic E-state index is 13.7. The molecule has 0 aliphatic carbocycles. The average molecular weight is 217 g/mol. The molecule has 0 radical (unpaired) electrons. The monoisotopic (exact) mass is 217 g/mol. The Kier molecular flexibility index (Phi) is 2.52. The highest BCUT2D eigenvalue weighted by Crippen LogP contribution is 2.28. The molecule has 0 amide bonds. The third-order valence-corrected chi connectivity index (χ3v) is 2.56. The van der Waals surface area contributed by atoms with Crippen LogP contribution in [0.2, 0.25) is 0 Å². The summed E-state index contributed by atoms with van der Waals surface area (Å²) in [5, 5.41) is 9.15. The van der Waals surface area contributed by atoms with E-state index in [9.17, 15) is 4.39 Å². The molecule has 2 nitrogen and oxygen atoms in total. The predicted octanol–water partition coefficient (Wildman–Crippen LogP) is 2.89. The molecule has 1 aromatic carbocycles. The lowest BCUT2D eigenvalue weighted by Gasteiger charge is -2.25. The summed E-state index contributed by atoms with van der Waals surface area (Å²) in [6.45, 7) is 3.84. The van der Waals surface area contributed by atoms with Gasteiger partial charge in [-0.15, -0.1) is 0 Å². The Morgan fingerprint density at radius 3 is 2.81 bits per heavy atom. The van der Waals surface area contributed by atoms with Gasteiger partial charge in [0.05, 0.1) is 5.70 Å². The summed E-state index contributed by atoms with van der Waals surface area (Å²) >= 11 is 0. The van der Waals surface area contributed by atoms with Gasteiger partial charge in [-0.25, -0.2) is 4.39 Å². The molecule has 1 heterocycles. The van der Waals surface area contributed by atoms with E-state index >= 15 is 0 Å². The molecule has 0 atom stereocenters. The quantitative estimate of drug-likeness (QED) is 0.781. The molecule has 0 fully saturated rings. The van der Waals surface area contributed by atoms with Gasteiger partial charge in [-0.2, -0.15) is 0 Å². The van der Waals surface area contributed by atoms with Crippen LogP contribution in [0.4, 0.5) is 4.39 Å². The minimum absolute atomic E-state index is 0.0744. The predicted molar refractivity (Wildman–Crippen MR) is 62.1 cm³/mol. The number of aromatic hydroxyl groups is 1. The van der Waals surface area contributed by atoms with Gasteiger partial charge in [0.15, 0.2) is 0 Å². The van der Waals surface area contributed by atoms with Gasteiger partial charge in [-0.05, 0) is 24.3 Å². The molecule has 0 unspecified atom stereocenters. The van der Waals surface area contributed by atoms with Crippen molar-refractivity contribution in [1.82, 2.24) is 4.90 Å². The van der Waals surface area contributed by atoms with Crippen molar-refractivity contribution in [2.45, 2.75) is 0 Å². The van der Waals surface area contributed by atoms with Gasteiger partial charge < -0.3 is 10.0 Å². The van der Waals surface area contributed by atoms with Crippen LogP contribution in [0.15, 0.2) is 48.7 Å². The minimum Gasteiger partial charge on any atom is -0.508 e. The third kappa shape index (κ3) is 1.72. The van der Waals surface area contributed by atoms with E-state index in [-0.39, 0.29) is 5.75 Å². The van der Waals surface area contributed by atoms with Crippen molar-refractivity contribution < 1.29 is 9.50 Å². The fourth-order valence-corrected chi connectivity index (χ4v) is 1.61. The maximum Gasteiger partial charge on any atom is 0.136 e. The lowest BCUT2D eigenvalue weighted by Crippen LogP contribution is -2.17. The van der Waals surface area contributed by atoms with E-state index in [1.54, 1.807) is 11.0 Å². The van der Waals surface area contributed by atoms with Crippen molar-refractivity contribution in [2.24, 2.45) is 0 Å². The van der Waals surface area contributed by atoms with Gasteiger partial charge >= 0.3 is 0 Å². The molecule has 1 aliphatic rings. The molecule has 3 heteroatoms. The van der Waals surface area contributed by atoms with E-state index in [0.717, 1.165) is 17.5 Å². The Bertz CT molecular complexity index is 503. The highest BCUT2D eigenvalue weighted by molar-refractivity contribution is 5.70. The highest BCUT2D eigenvalue weighted by atomic mass is 19.1. The van der Waals surface area contributed by atoms with E-state index < -0.39 is 5.82 Å². The van der Waals surface area contributed by atoms with Crippen molar-refractivity contribution in [2.75, 3.05) is 7.05 Å². The highest BCUT2D eigenvalue weighted by Gasteiger charge is 2.15. The fourth-order valence-electron chi connectivity index (χ4n) is 1.61. The van der Waals surface area contributed by atoms with Gasteiger partial charge in [0.1, 0.15) is 11.6 Å². The number of phenols is 1. The Labute approximate surface area is 93.6 Å². The van der Waals surface area contributed by atoms with Crippen molar-refractivity contribution in [1.29, 1.82) is 0 Å². The Morgan fingerprint density at radius 2 is 2.12 bits per heavy atom. The Balaban J connectivity index is 2.48. The lowest BCUT2D eigenvalue weighted by atomic mass is 10.1. The second-order valence-corrected chi connectivity index (χ2v) is 3.63. The van der Waals surface area contributed by atoms with Crippen molar-refractivity contribution in [3.63, 3.8) is 0 Å². The van der Waals surface area contributed by atoms with Crippen molar-refractivity contribution in [3.8, 4) is 5.75 Å². The molecular weight excluding hydrogens is 205 g/mol. The number of likely N-dealkylation sites (N-methyl/N-ethyl adjacent to an activating group) is 1. The van der Waals surface area contributed by atoms with E-state index in [4.69, 9.17) is 5.11 Å². The molecule has 82 valence electrons. The van der Waals surface area contributed by atoms with E-state index in [2.05, 4.69) is 6.58 Å². The van der Waals surface area contributed by atoms with Crippen LogP contribution in [0.25, 0.3) is 5.70 Å². The number of rotatable bonds is 1. The van der Waals surface area contributed by atoms with Crippen LogP contribution in [-0.4, -0.2) is 17.1 Å². The van der Waals surface area contributed by atoms with Crippen LogP contribution in [0.1, 0.15) is 5.56 Å². The van der Waals surface area contributed by atoms with Gasteiger partial charge in [0.25, 0.3) is 0 Å². The number of benzene rings is 1. The zero-order valence-corrected chi connectivity index (χ0v) is 8.94. The molecule has 0 spiro atoms. The van der Waals surface area contributed by atoms with Crippen LogP contribution in [0, 0.1) is 5.82 Å². The summed E-state index contributed by atoms with van der Waals surface area (Å²) in [7, 11) is 1.82. The normalized spacial score (nSPS) is 15.2. The summed E-state index contributed by atoms with van der Waals surface area (Å²) in [5.41, 5.74) is 1.97. The number of halogens is 1. The van der Waals surface area contributed by atoms with Crippen LogP contribution in [0.3, 0.4) is 0 Å². The number of allylic oxidation sites excluding steroid dienone is 3. The van der Waals surface area contributed by atoms with Crippen molar-refractivity contribution >= 4 is 5.70 Å². The van der Waals surface area contributed by atoms with Crippen LogP contribution in [-0.2, 0) is 0 Å². The van der Waals surface area contributed by atoms with E-state index in [0.29, 0.717) is 5.56 Å². The maximum absolute atomic E-state index is 13.7. The lowest BCUT2D eigenvalue weighted by molar-refractivity contribution is 0.468. The molecule has 16 heavy (non-hydrogen) atoms. The second kappa shape index (κ2) is 3.85. The van der Waals surface area contributed by atoms with Gasteiger partial charge in [-0.1, -0.05) is 12.7 Å². The minimum atomic E-state index is -0.443. The van der Waals surface area contributed by atoms with Gasteiger partial charge in [0, 0.05) is 24.4 Å². The summed E-state index contributed by atoms with van der Waals surface area (Å²) in [5.74, 6) is -0.518. The molecular formula is C13H12FNO.